The number of para-hydroxylation sites is 1. The fourth-order valence-electron chi connectivity index (χ4n) is 2.35. The minimum absolute atomic E-state index is 0.820. The Bertz CT molecular complexity index is 1010. The molecular formula is C19H12N4. The summed E-state index contributed by atoms with van der Waals surface area (Å²) in [6, 6.07) is 13.6. The van der Waals surface area contributed by atoms with Crippen molar-refractivity contribution in [2.45, 2.75) is 0 Å². The average molecular weight is 296 g/mol. The van der Waals surface area contributed by atoms with Crippen LogP contribution >= 0.6 is 0 Å². The van der Waals surface area contributed by atoms with Crippen molar-refractivity contribution in [3.05, 3.63) is 78.4 Å². The van der Waals surface area contributed by atoms with Gasteiger partial charge in [0, 0.05) is 35.9 Å². The lowest BCUT2D eigenvalue weighted by Crippen LogP contribution is -1.81. The molecule has 0 atom stereocenters. The number of aromatic nitrogens is 4. The fourth-order valence-corrected chi connectivity index (χ4v) is 2.35. The molecule has 23 heavy (non-hydrogen) atoms. The molecule has 1 aromatic carbocycles. The lowest BCUT2D eigenvalue weighted by Gasteiger charge is -1.93. The van der Waals surface area contributed by atoms with Crippen molar-refractivity contribution in [3.8, 4) is 23.2 Å². The summed E-state index contributed by atoms with van der Waals surface area (Å²) in [5.74, 6) is 7.16. The molecule has 4 aromatic rings. The summed E-state index contributed by atoms with van der Waals surface area (Å²) in [7, 11) is 0. The number of imidazole rings is 1. The van der Waals surface area contributed by atoms with Gasteiger partial charge in [0.1, 0.15) is 11.3 Å². The quantitative estimate of drug-likeness (QED) is 0.548. The first-order valence-electron chi connectivity index (χ1n) is 7.21. The molecule has 0 unspecified atom stereocenters. The van der Waals surface area contributed by atoms with Gasteiger partial charge in [0.05, 0.1) is 11.1 Å². The molecule has 0 bridgehead atoms. The van der Waals surface area contributed by atoms with Gasteiger partial charge in [-0.15, -0.1) is 0 Å². The predicted octanol–water partition coefficient (Wildman–Crippen LogP) is 3.42. The first kappa shape index (κ1) is 13.2. The maximum absolute atomic E-state index is 4.70. The van der Waals surface area contributed by atoms with Crippen molar-refractivity contribution in [2.75, 3.05) is 0 Å². The van der Waals surface area contributed by atoms with Gasteiger partial charge < -0.3 is 4.98 Å². The molecule has 1 N–H and O–H groups in total. The van der Waals surface area contributed by atoms with Crippen LogP contribution in [0.4, 0.5) is 0 Å². The molecule has 0 saturated heterocycles. The molecule has 0 aliphatic heterocycles. The van der Waals surface area contributed by atoms with Gasteiger partial charge in [0.15, 0.2) is 0 Å². The molecule has 4 heteroatoms. The highest BCUT2D eigenvalue weighted by atomic mass is 14.9. The summed E-state index contributed by atoms with van der Waals surface area (Å²) in [6.07, 6.45) is 6.99. The molecule has 0 aliphatic carbocycles. The van der Waals surface area contributed by atoms with Crippen LogP contribution in [0, 0.1) is 11.8 Å². The van der Waals surface area contributed by atoms with E-state index in [9.17, 15) is 0 Å². The second kappa shape index (κ2) is 5.74. The van der Waals surface area contributed by atoms with Crippen LogP contribution in [0.2, 0.25) is 0 Å². The average Bonchev–Trinajstić information content (AvgIpc) is 3.06. The third-order valence-electron chi connectivity index (χ3n) is 3.49. The zero-order valence-electron chi connectivity index (χ0n) is 12.2. The van der Waals surface area contributed by atoms with Crippen LogP contribution in [0.1, 0.15) is 11.1 Å². The van der Waals surface area contributed by atoms with Crippen molar-refractivity contribution in [1.29, 1.82) is 0 Å². The second-order valence-electron chi connectivity index (χ2n) is 5.01. The summed E-state index contributed by atoms with van der Waals surface area (Å²) in [4.78, 5) is 16.1. The number of hydrogen-bond acceptors (Lipinski definition) is 3. The maximum atomic E-state index is 4.70. The van der Waals surface area contributed by atoms with E-state index < -0.39 is 0 Å². The van der Waals surface area contributed by atoms with Crippen molar-refractivity contribution >= 4 is 11.0 Å². The van der Waals surface area contributed by atoms with Crippen molar-refractivity contribution in [3.63, 3.8) is 0 Å². The van der Waals surface area contributed by atoms with Gasteiger partial charge in [-0.2, -0.15) is 0 Å². The Hall–Kier alpha value is -3.45. The molecule has 0 saturated carbocycles. The highest BCUT2D eigenvalue weighted by Crippen LogP contribution is 2.22. The van der Waals surface area contributed by atoms with E-state index in [2.05, 4.69) is 26.8 Å². The highest BCUT2D eigenvalue weighted by Gasteiger charge is 2.07. The smallest absolute Gasteiger partial charge is 0.138 e. The zero-order chi connectivity index (χ0) is 15.5. The fraction of sp³-hybridized carbons (Fsp3) is 0. The van der Waals surface area contributed by atoms with Gasteiger partial charge in [-0.25, -0.2) is 4.98 Å². The third-order valence-corrected chi connectivity index (χ3v) is 3.49. The second-order valence-corrected chi connectivity index (χ2v) is 5.01. The van der Waals surface area contributed by atoms with E-state index in [-0.39, 0.29) is 0 Å². The maximum Gasteiger partial charge on any atom is 0.138 e. The summed E-state index contributed by atoms with van der Waals surface area (Å²) >= 11 is 0. The third kappa shape index (κ3) is 2.68. The monoisotopic (exact) mass is 296 g/mol. The van der Waals surface area contributed by atoms with Gasteiger partial charge >= 0.3 is 0 Å². The Morgan fingerprint density at radius 1 is 0.783 bits per heavy atom. The standard InChI is InChI=1S/C19H12N4/c1-2-15(5-4-14-6-10-20-11-7-14)18-17(3-1)22-19(23-18)16-8-12-21-13-9-16/h1-3,6-13H,(H,22,23). The van der Waals surface area contributed by atoms with E-state index in [1.165, 1.54) is 0 Å². The van der Waals surface area contributed by atoms with Gasteiger partial charge in [-0.3, -0.25) is 9.97 Å². The Kier molecular flexibility index (Phi) is 3.30. The first-order chi connectivity index (χ1) is 11.4. The number of hydrogen-bond donors (Lipinski definition) is 1. The molecule has 3 heterocycles. The van der Waals surface area contributed by atoms with Gasteiger partial charge in [0.25, 0.3) is 0 Å². The number of benzene rings is 1. The number of aromatic amines is 1. The number of nitrogens with zero attached hydrogens (tertiary/aromatic N) is 3. The van der Waals surface area contributed by atoms with E-state index in [0.29, 0.717) is 0 Å². The van der Waals surface area contributed by atoms with Gasteiger partial charge in [-0.05, 0) is 36.4 Å². The molecule has 108 valence electrons. The van der Waals surface area contributed by atoms with Gasteiger partial charge in [-0.1, -0.05) is 17.9 Å². The Balaban J connectivity index is 1.80. The number of nitrogens with one attached hydrogen (secondary N) is 1. The predicted molar refractivity (Wildman–Crippen MR) is 89.5 cm³/mol. The van der Waals surface area contributed by atoms with E-state index in [1.807, 2.05) is 42.5 Å². The minimum Gasteiger partial charge on any atom is -0.338 e. The normalized spacial score (nSPS) is 10.3. The number of fused-ring (bicyclic) bond motifs is 1. The summed E-state index contributed by atoms with van der Waals surface area (Å²) in [5.41, 5.74) is 4.68. The van der Waals surface area contributed by atoms with Gasteiger partial charge in [0.2, 0.25) is 0 Å². The molecule has 0 fully saturated rings. The number of H-pyrrole nitrogens is 1. The molecule has 0 radical (unpaired) electrons. The van der Waals surface area contributed by atoms with E-state index in [4.69, 9.17) is 4.98 Å². The molecule has 3 aromatic heterocycles. The highest BCUT2D eigenvalue weighted by molar-refractivity contribution is 5.85. The molecule has 0 aliphatic rings. The number of rotatable bonds is 1. The summed E-state index contributed by atoms with van der Waals surface area (Å²) < 4.78 is 0. The molecule has 4 nitrogen and oxygen atoms in total. The zero-order valence-corrected chi connectivity index (χ0v) is 12.2. The Morgan fingerprint density at radius 3 is 2.30 bits per heavy atom. The van der Waals surface area contributed by atoms with Crippen molar-refractivity contribution < 1.29 is 0 Å². The lowest BCUT2D eigenvalue weighted by molar-refractivity contribution is 1.28. The SMILES string of the molecule is C(#Cc1cccc2[nH]c(-c3ccncc3)nc12)c1ccncc1. The molecular weight excluding hydrogens is 284 g/mol. The summed E-state index contributed by atoms with van der Waals surface area (Å²) in [6.45, 7) is 0. The molecule has 0 amide bonds. The topological polar surface area (TPSA) is 54.5 Å². The van der Waals surface area contributed by atoms with Crippen LogP contribution in [-0.4, -0.2) is 19.9 Å². The summed E-state index contributed by atoms with van der Waals surface area (Å²) in [5, 5.41) is 0. The Morgan fingerprint density at radius 2 is 1.52 bits per heavy atom. The van der Waals surface area contributed by atoms with Crippen LogP contribution in [0.3, 0.4) is 0 Å². The first-order valence-corrected chi connectivity index (χ1v) is 7.21. The van der Waals surface area contributed by atoms with E-state index in [0.717, 1.165) is 33.5 Å². The molecule has 0 spiro atoms. The lowest BCUT2D eigenvalue weighted by atomic mass is 10.1. The van der Waals surface area contributed by atoms with Crippen LogP contribution in [0.25, 0.3) is 22.4 Å². The van der Waals surface area contributed by atoms with Crippen LogP contribution in [0.5, 0.6) is 0 Å². The number of pyridine rings is 2. The van der Waals surface area contributed by atoms with Crippen LogP contribution in [-0.2, 0) is 0 Å². The van der Waals surface area contributed by atoms with Crippen LogP contribution < -0.4 is 0 Å². The van der Waals surface area contributed by atoms with Crippen molar-refractivity contribution in [1.82, 2.24) is 19.9 Å². The molecule has 4 rings (SSSR count). The largest absolute Gasteiger partial charge is 0.338 e. The van der Waals surface area contributed by atoms with E-state index in [1.54, 1.807) is 24.8 Å². The Labute approximate surface area is 133 Å². The minimum atomic E-state index is 0.820. The van der Waals surface area contributed by atoms with Crippen molar-refractivity contribution in [2.24, 2.45) is 0 Å². The van der Waals surface area contributed by atoms with Crippen LogP contribution in [0.15, 0.2) is 67.3 Å². The van der Waals surface area contributed by atoms with E-state index >= 15 is 0 Å².